The molecular weight excluding hydrogens is 436 g/mol. The second-order valence-corrected chi connectivity index (χ2v) is 7.87. The van der Waals surface area contributed by atoms with E-state index in [1.807, 2.05) is 6.92 Å². The molecule has 1 aromatic carbocycles. The lowest BCUT2D eigenvalue weighted by molar-refractivity contribution is -0.159. The van der Waals surface area contributed by atoms with Gasteiger partial charge in [0.05, 0.1) is 11.8 Å². The van der Waals surface area contributed by atoms with Gasteiger partial charge in [-0.1, -0.05) is 31.9 Å². The van der Waals surface area contributed by atoms with Gasteiger partial charge >= 0.3 is 17.9 Å². The first-order valence-corrected chi connectivity index (χ1v) is 10.7. The summed E-state index contributed by atoms with van der Waals surface area (Å²) >= 11 is 0. The molecule has 2 unspecified atom stereocenters. The van der Waals surface area contributed by atoms with Gasteiger partial charge in [-0.2, -0.15) is 0 Å². The summed E-state index contributed by atoms with van der Waals surface area (Å²) in [5, 5.41) is 32.2. The number of unbranched alkanes of at least 4 members (excludes halogenated alkanes) is 2. The van der Waals surface area contributed by atoms with E-state index in [4.69, 9.17) is 20.1 Å². The van der Waals surface area contributed by atoms with E-state index in [-0.39, 0.29) is 18.6 Å². The standard InChI is InChI=1S/C22H28N2O9/c1-2-3-4-9-23-19(26)16(24-18(25)14-11-15(14)20(27)28)10-12-5-7-13(8-6-12)33-17(21(29)30)22(31)32/h5-8,14-17H,2-4,9-11H2,1H3,(H,23,26)(H,24,25)(H,27,28)(H,29,30)(H,31,32)/t14?,15?,16-/m0/s1. The van der Waals surface area contributed by atoms with Gasteiger partial charge in [0.15, 0.2) is 0 Å². The third-order valence-corrected chi connectivity index (χ3v) is 5.22. The molecule has 2 amide bonds. The fraction of sp³-hybridized carbons (Fsp3) is 0.500. The fourth-order valence-electron chi connectivity index (χ4n) is 3.24. The zero-order valence-electron chi connectivity index (χ0n) is 18.2. The molecular formula is C22H28N2O9. The number of hydrogen-bond acceptors (Lipinski definition) is 6. The van der Waals surface area contributed by atoms with Gasteiger partial charge in [0.1, 0.15) is 11.8 Å². The summed E-state index contributed by atoms with van der Waals surface area (Å²) in [6.45, 7) is 2.47. The van der Waals surface area contributed by atoms with Crippen molar-refractivity contribution < 1.29 is 44.0 Å². The number of nitrogens with one attached hydrogen (secondary N) is 2. The number of amides is 2. The van der Waals surface area contributed by atoms with E-state index < -0.39 is 53.7 Å². The molecule has 0 saturated heterocycles. The molecule has 0 radical (unpaired) electrons. The molecule has 2 rings (SSSR count). The molecule has 0 bridgehead atoms. The topological polar surface area (TPSA) is 179 Å². The van der Waals surface area contributed by atoms with Gasteiger partial charge in [0.2, 0.25) is 11.8 Å². The fourth-order valence-corrected chi connectivity index (χ4v) is 3.24. The van der Waals surface area contributed by atoms with Crippen molar-refractivity contribution in [2.24, 2.45) is 11.8 Å². The van der Waals surface area contributed by atoms with Gasteiger partial charge in [0, 0.05) is 13.0 Å². The summed E-state index contributed by atoms with van der Waals surface area (Å²) in [4.78, 5) is 58.0. The van der Waals surface area contributed by atoms with E-state index in [2.05, 4.69) is 10.6 Å². The SMILES string of the molecule is CCCCCNC(=O)[C@H](Cc1ccc(OC(C(=O)O)C(=O)O)cc1)NC(=O)C1CC1C(=O)O. The molecule has 1 aliphatic carbocycles. The van der Waals surface area contributed by atoms with E-state index >= 15 is 0 Å². The predicted molar refractivity (Wildman–Crippen MR) is 114 cm³/mol. The average molecular weight is 464 g/mol. The molecule has 5 N–H and O–H groups in total. The maximum atomic E-state index is 12.7. The molecule has 0 spiro atoms. The molecule has 0 aromatic heterocycles. The Labute approximate surface area is 190 Å². The summed E-state index contributed by atoms with van der Waals surface area (Å²) in [5.74, 6) is -6.63. The Morgan fingerprint density at radius 3 is 2.15 bits per heavy atom. The number of aliphatic carboxylic acids is 3. The van der Waals surface area contributed by atoms with Crippen LogP contribution in [0.3, 0.4) is 0 Å². The maximum Gasteiger partial charge on any atom is 0.356 e. The Kier molecular flexibility index (Phi) is 9.19. The van der Waals surface area contributed by atoms with Gasteiger partial charge < -0.3 is 30.7 Å². The van der Waals surface area contributed by atoms with Gasteiger partial charge in [-0.25, -0.2) is 9.59 Å². The zero-order chi connectivity index (χ0) is 24.5. The molecule has 11 heteroatoms. The predicted octanol–water partition coefficient (Wildman–Crippen LogP) is 0.658. The summed E-state index contributed by atoms with van der Waals surface area (Å²) < 4.78 is 4.96. The van der Waals surface area contributed by atoms with Gasteiger partial charge in [-0.3, -0.25) is 14.4 Å². The van der Waals surface area contributed by atoms with E-state index in [0.717, 1.165) is 19.3 Å². The van der Waals surface area contributed by atoms with Crippen molar-refractivity contribution in [2.75, 3.05) is 6.54 Å². The molecule has 1 saturated carbocycles. The van der Waals surface area contributed by atoms with Crippen molar-refractivity contribution >= 4 is 29.7 Å². The van der Waals surface area contributed by atoms with Crippen molar-refractivity contribution in [3.05, 3.63) is 29.8 Å². The first-order chi connectivity index (χ1) is 15.6. The van der Waals surface area contributed by atoms with Crippen molar-refractivity contribution in [3.63, 3.8) is 0 Å². The highest BCUT2D eigenvalue weighted by atomic mass is 16.5. The highest BCUT2D eigenvalue weighted by molar-refractivity contribution is 5.96. The van der Waals surface area contributed by atoms with Gasteiger partial charge in [-0.15, -0.1) is 0 Å². The second kappa shape index (κ2) is 11.8. The van der Waals surface area contributed by atoms with E-state index in [0.29, 0.717) is 12.1 Å². The Balaban J connectivity index is 2.05. The molecule has 0 heterocycles. The number of carboxylic acid groups (broad SMARTS) is 3. The van der Waals surface area contributed by atoms with Crippen LogP contribution in [0.15, 0.2) is 24.3 Å². The lowest BCUT2D eigenvalue weighted by atomic mass is 10.0. The number of carbonyl (C=O) groups excluding carboxylic acids is 2. The third kappa shape index (κ3) is 7.78. The van der Waals surface area contributed by atoms with Crippen LogP contribution in [-0.4, -0.2) is 63.7 Å². The van der Waals surface area contributed by atoms with Gasteiger partial charge in [-0.05, 0) is 30.5 Å². The smallest absolute Gasteiger partial charge is 0.356 e. The monoisotopic (exact) mass is 464 g/mol. The largest absolute Gasteiger partial charge is 0.481 e. The summed E-state index contributed by atoms with van der Waals surface area (Å²) in [7, 11) is 0. The number of rotatable bonds is 14. The van der Waals surface area contributed by atoms with Crippen molar-refractivity contribution in [1.82, 2.24) is 10.6 Å². The minimum Gasteiger partial charge on any atom is -0.481 e. The Morgan fingerprint density at radius 2 is 1.64 bits per heavy atom. The average Bonchev–Trinajstić information content (AvgIpc) is 3.56. The molecule has 33 heavy (non-hydrogen) atoms. The van der Waals surface area contributed by atoms with Crippen molar-refractivity contribution in [3.8, 4) is 5.75 Å². The minimum atomic E-state index is -2.06. The highest BCUT2D eigenvalue weighted by Gasteiger charge is 2.48. The van der Waals surface area contributed by atoms with Crippen molar-refractivity contribution in [1.29, 1.82) is 0 Å². The first kappa shape index (κ1) is 25.6. The summed E-state index contributed by atoms with van der Waals surface area (Å²) in [6.07, 6.45) is 0.969. The number of ether oxygens (including phenoxy) is 1. The van der Waals surface area contributed by atoms with Crippen LogP contribution in [0, 0.1) is 11.8 Å². The lowest BCUT2D eigenvalue weighted by Gasteiger charge is -2.19. The summed E-state index contributed by atoms with van der Waals surface area (Å²) in [6, 6.07) is 4.85. The van der Waals surface area contributed by atoms with Crippen LogP contribution in [0.1, 0.15) is 38.2 Å². The van der Waals surface area contributed by atoms with E-state index in [9.17, 15) is 24.0 Å². The molecule has 1 aromatic rings. The Bertz CT molecular complexity index is 870. The van der Waals surface area contributed by atoms with Crippen LogP contribution < -0.4 is 15.4 Å². The molecule has 11 nitrogen and oxygen atoms in total. The van der Waals surface area contributed by atoms with E-state index in [1.165, 1.54) is 24.3 Å². The molecule has 1 fully saturated rings. The maximum absolute atomic E-state index is 12.7. The number of carboxylic acids is 3. The number of hydrogen-bond donors (Lipinski definition) is 5. The highest BCUT2D eigenvalue weighted by Crippen LogP contribution is 2.38. The molecule has 3 atom stereocenters. The normalized spacial score (nSPS) is 17.6. The number of carbonyl (C=O) groups is 5. The molecule has 0 aliphatic heterocycles. The minimum absolute atomic E-state index is 0.0143. The zero-order valence-corrected chi connectivity index (χ0v) is 18.2. The Hall–Kier alpha value is -3.63. The van der Waals surface area contributed by atoms with Gasteiger partial charge in [0.25, 0.3) is 6.10 Å². The van der Waals surface area contributed by atoms with E-state index in [1.54, 1.807) is 0 Å². The third-order valence-electron chi connectivity index (χ3n) is 5.22. The molecule has 1 aliphatic rings. The first-order valence-electron chi connectivity index (χ1n) is 10.7. The van der Waals surface area contributed by atoms with Crippen molar-refractivity contribution in [2.45, 2.75) is 51.2 Å². The quantitative estimate of drug-likeness (QED) is 0.195. The van der Waals surface area contributed by atoms with Crippen LogP contribution in [0.4, 0.5) is 0 Å². The van der Waals surface area contributed by atoms with Crippen LogP contribution in [0.5, 0.6) is 5.75 Å². The Morgan fingerprint density at radius 1 is 1.00 bits per heavy atom. The second-order valence-electron chi connectivity index (χ2n) is 7.87. The van der Waals surface area contributed by atoms with Crippen LogP contribution in [0.2, 0.25) is 0 Å². The molecule has 180 valence electrons. The van der Waals surface area contributed by atoms with Crippen LogP contribution in [0.25, 0.3) is 0 Å². The number of benzene rings is 1. The summed E-state index contributed by atoms with van der Waals surface area (Å²) in [5.41, 5.74) is 0.601. The van der Waals surface area contributed by atoms with Crippen LogP contribution >= 0.6 is 0 Å². The lowest BCUT2D eigenvalue weighted by Crippen LogP contribution is -2.49. The van der Waals surface area contributed by atoms with Crippen LogP contribution in [-0.2, 0) is 30.4 Å².